The first-order chi connectivity index (χ1) is 9.36. The molecule has 1 aromatic carbocycles. The maximum Gasteiger partial charge on any atom is 0.418 e. The molecule has 2 rings (SSSR count). The van der Waals surface area contributed by atoms with Crippen LogP contribution in [0.1, 0.15) is 17.3 Å². The molecule has 0 saturated carbocycles. The van der Waals surface area contributed by atoms with Crippen molar-refractivity contribution in [2.24, 2.45) is 0 Å². The highest BCUT2D eigenvalue weighted by atomic mass is 19.4. The molecule has 0 unspecified atom stereocenters. The largest absolute Gasteiger partial charge is 0.418 e. The second kappa shape index (κ2) is 5.40. The third kappa shape index (κ3) is 3.40. The van der Waals surface area contributed by atoms with Crippen LogP contribution in [0.2, 0.25) is 0 Å². The summed E-state index contributed by atoms with van der Waals surface area (Å²) in [6.07, 6.45) is -4.10. The number of nitrogens with zero attached hydrogens (tertiary/aromatic N) is 2. The van der Waals surface area contributed by atoms with Crippen LogP contribution in [0.25, 0.3) is 0 Å². The fraction of sp³-hybridized carbons (Fsp3) is 0.333. The van der Waals surface area contributed by atoms with Crippen molar-refractivity contribution in [2.45, 2.75) is 19.5 Å². The molecule has 0 fully saturated rings. The summed E-state index contributed by atoms with van der Waals surface area (Å²) in [7, 11) is 0. The van der Waals surface area contributed by atoms with Gasteiger partial charge < -0.3 is 15.6 Å². The summed E-state index contributed by atoms with van der Waals surface area (Å²) in [5, 5.41) is 6.37. The van der Waals surface area contributed by atoms with E-state index in [9.17, 15) is 13.2 Å². The molecule has 1 heterocycles. The Morgan fingerprint density at radius 1 is 1.35 bits per heavy atom. The van der Waals surface area contributed by atoms with E-state index in [2.05, 4.69) is 15.5 Å². The van der Waals surface area contributed by atoms with Crippen molar-refractivity contribution in [3.05, 3.63) is 35.5 Å². The molecule has 5 nitrogen and oxygen atoms in total. The molecular weight excluding hydrogens is 273 g/mol. The van der Waals surface area contributed by atoms with Gasteiger partial charge in [0, 0.05) is 31.3 Å². The number of nitrogens with two attached hydrogens (primary N) is 1. The number of aryl methyl sites for hydroxylation is 1. The summed E-state index contributed by atoms with van der Waals surface area (Å²) in [5.74, 6) is 0.863. The third-order valence-corrected chi connectivity index (χ3v) is 2.58. The standard InChI is InChI=1S/C12H13F3N4O/c1-7-18-11(19-20-7)4-5-17-10-3-2-8(16)6-9(10)12(13,14)15/h2-3,6,17H,4-5,16H2,1H3. The second-order valence-electron chi connectivity index (χ2n) is 4.21. The van der Waals surface area contributed by atoms with Crippen molar-refractivity contribution >= 4 is 11.4 Å². The number of aromatic nitrogens is 2. The van der Waals surface area contributed by atoms with Gasteiger partial charge in [-0.3, -0.25) is 0 Å². The average molecular weight is 286 g/mol. The minimum Gasteiger partial charge on any atom is -0.399 e. The lowest BCUT2D eigenvalue weighted by molar-refractivity contribution is -0.136. The number of anilines is 2. The number of hydrogen-bond donors (Lipinski definition) is 2. The number of halogens is 3. The van der Waals surface area contributed by atoms with Crippen molar-refractivity contribution in [3.63, 3.8) is 0 Å². The fourth-order valence-electron chi connectivity index (χ4n) is 1.70. The molecule has 108 valence electrons. The Hall–Kier alpha value is -2.25. The molecule has 1 aromatic heterocycles. The summed E-state index contributed by atoms with van der Waals surface area (Å²) in [5.41, 5.74) is 4.64. The maximum atomic E-state index is 12.8. The van der Waals surface area contributed by atoms with Gasteiger partial charge in [-0.05, 0) is 18.2 Å². The maximum absolute atomic E-state index is 12.8. The molecule has 0 spiro atoms. The molecule has 0 aliphatic rings. The Balaban J connectivity index is 2.06. The van der Waals surface area contributed by atoms with E-state index in [4.69, 9.17) is 10.3 Å². The number of alkyl halides is 3. The van der Waals surface area contributed by atoms with Crippen LogP contribution < -0.4 is 11.1 Å². The lowest BCUT2D eigenvalue weighted by Crippen LogP contribution is -2.13. The van der Waals surface area contributed by atoms with Gasteiger partial charge >= 0.3 is 6.18 Å². The summed E-state index contributed by atoms with van der Waals surface area (Å²) in [4.78, 5) is 3.97. The van der Waals surface area contributed by atoms with E-state index in [1.165, 1.54) is 12.1 Å². The molecule has 0 aliphatic heterocycles. The van der Waals surface area contributed by atoms with Crippen LogP contribution in [0, 0.1) is 6.92 Å². The van der Waals surface area contributed by atoms with Crippen LogP contribution in [-0.2, 0) is 12.6 Å². The first-order valence-corrected chi connectivity index (χ1v) is 5.86. The molecular formula is C12H13F3N4O. The number of hydrogen-bond acceptors (Lipinski definition) is 5. The van der Waals surface area contributed by atoms with Gasteiger partial charge in [-0.1, -0.05) is 5.16 Å². The van der Waals surface area contributed by atoms with Gasteiger partial charge in [0.2, 0.25) is 5.89 Å². The second-order valence-corrected chi connectivity index (χ2v) is 4.21. The molecule has 0 aliphatic carbocycles. The monoisotopic (exact) mass is 286 g/mol. The molecule has 3 N–H and O–H groups in total. The van der Waals surface area contributed by atoms with Gasteiger partial charge in [0.15, 0.2) is 5.82 Å². The summed E-state index contributed by atoms with van der Waals surface area (Å²) in [6, 6.07) is 3.62. The Bertz CT molecular complexity index is 595. The molecule has 0 bridgehead atoms. The molecule has 0 saturated heterocycles. The van der Waals surface area contributed by atoms with Crippen molar-refractivity contribution in [2.75, 3.05) is 17.6 Å². The van der Waals surface area contributed by atoms with Crippen LogP contribution in [0.3, 0.4) is 0 Å². The first-order valence-electron chi connectivity index (χ1n) is 5.86. The van der Waals surface area contributed by atoms with Gasteiger partial charge in [0.1, 0.15) is 0 Å². The Morgan fingerprint density at radius 3 is 2.70 bits per heavy atom. The van der Waals surface area contributed by atoms with Crippen LogP contribution in [0.4, 0.5) is 24.5 Å². The Labute approximate surface area is 113 Å². The highest BCUT2D eigenvalue weighted by Crippen LogP contribution is 2.35. The van der Waals surface area contributed by atoms with E-state index < -0.39 is 11.7 Å². The van der Waals surface area contributed by atoms with Crippen molar-refractivity contribution in [1.29, 1.82) is 0 Å². The zero-order valence-electron chi connectivity index (χ0n) is 10.7. The SMILES string of the molecule is Cc1nc(CCNc2ccc(N)cc2C(F)(F)F)no1. The Kier molecular flexibility index (Phi) is 3.82. The third-order valence-electron chi connectivity index (χ3n) is 2.58. The molecule has 0 radical (unpaired) electrons. The molecule has 0 atom stereocenters. The normalized spacial score (nSPS) is 11.6. The molecule has 20 heavy (non-hydrogen) atoms. The van der Waals surface area contributed by atoms with E-state index >= 15 is 0 Å². The van der Waals surface area contributed by atoms with E-state index in [1.54, 1.807) is 6.92 Å². The van der Waals surface area contributed by atoms with E-state index in [0.717, 1.165) is 6.07 Å². The van der Waals surface area contributed by atoms with Crippen molar-refractivity contribution < 1.29 is 17.7 Å². The van der Waals surface area contributed by atoms with Gasteiger partial charge in [0.05, 0.1) is 5.56 Å². The van der Waals surface area contributed by atoms with Gasteiger partial charge in [-0.25, -0.2) is 0 Å². The highest BCUT2D eigenvalue weighted by Gasteiger charge is 2.33. The predicted octanol–water partition coefficient (Wildman–Crippen LogP) is 2.63. The zero-order chi connectivity index (χ0) is 14.8. The molecule has 2 aromatic rings. The highest BCUT2D eigenvalue weighted by molar-refractivity contribution is 5.59. The smallest absolute Gasteiger partial charge is 0.399 e. The van der Waals surface area contributed by atoms with E-state index in [1.807, 2.05) is 0 Å². The minimum absolute atomic E-state index is 0.0214. The van der Waals surface area contributed by atoms with Gasteiger partial charge in [0.25, 0.3) is 0 Å². The van der Waals surface area contributed by atoms with Crippen LogP contribution in [-0.4, -0.2) is 16.7 Å². The van der Waals surface area contributed by atoms with Crippen LogP contribution in [0.15, 0.2) is 22.7 Å². The lowest BCUT2D eigenvalue weighted by atomic mass is 10.1. The minimum atomic E-state index is -4.46. The van der Waals surface area contributed by atoms with Crippen molar-refractivity contribution in [1.82, 2.24) is 10.1 Å². The molecule has 8 heteroatoms. The summed E-state index contributed by atoms with van der Waals surface area (Å²) in [6.45, 7) is 1.90. The molecule has 0 amide bonds. The number of rotatable bonds is 4. The lowest BCUT2D eigenvalue weighted by Gasteiger charge is -2.14. The summed E-state index contributed by atoms with van der Waals surface area (Å²) >= 11 is 0. The quantitative estimate of drug-likeness (QED) is 0.845. The summed E-state index contributed by atoms with van der Waals surface area (Å²) < 4.78 is 43.3. The first kappa shape index (κ1) is 14.2. The topological polar surface area (TPSA) is 77.0 Å². The van der Waals surface area contributed by atoms with Crippen molar-refractivity contribution in [3.8, 4) is 0 Å². The van der Waals surface area contributed by atoms with Crippen LogP contribution in [0.5, 0.6) is 0 Å². The fourth-order valence-corrected chi connectivity index (χ4v) is 1.70. The average Bonchev–Trinajstić information content (AvgIpc) is 2.76. The van der Waals surface area contributed by atoms with E-state index in [-0.39, 0.29) is 17.9 Å². The Morgan fingerprint density at radius 2 is 2.10 bits per heavy atom. The number of benzene rings is 1. The number of nitrogens with one attached hydrogen (secondary N) is 1. The number of nitrogen functional groups attached to an aromatic ring is 1. The zero-order valence-corrected chi connectivity index (χ0v) is 10.7. The van der Waals surface area contributed by atoms with E-state index in [0.29, 0.717) is 18.1 Å². The van der Waals surface area contributed by atoms with Gasteiger partial charge in [-0.2, -0.15) is 18.2 Å². The van der Waals surface area contributed by atoms with Crippen LogP contribution >= 0.6 is 0 Å². The van der Waals surface area contributed by atoms with Gasteiger partial charge in [-0.15, -0.1) is 0 Å². The predicted molar refractivity (Wildman–Crippen MR) is 67.1 cm³/mol.